The number of nitrogens with zero attached hydrogens (tertiary/aromatic N) is 1. The fourth-order valence-corrected chi connectivity index (χ4v) is 2.63. The zero-order valence-corrected chi connectivity index (χ0v) is 12.2. The van der Waals surface area contributed by atoms with Gasteiger partial charge in [-0.15, -0.1) is 11.3 Å². The maximum absolute atomic E-state index is 9.31. The molecule has 0 aliphatic rings. The number of hydrogen-bond donors (Lipinski definition) is 2. The largest absolute Gasteiger partial charge is 0.508 e. The summed E-state index contributed by atoms with van der Waals surface area (Å²) in [5.41, 5.74) is 2.82. The number of thiazole rings is 1. The Morgan fingerprint density at radius 1 is 1.05 bits per heavy atom. The molecular formula is C16H14N2O2S. The zero-order valence-electron chi connectivity index (χ0n) is 11.4. The first-order valence-corrected chi connectivity index (χ1v) is 7.28. The first-order chi connectivity index (χ1) is 10.2. The van der Waals surface area contributed by atoms with E-state index in [9.17, 15) is 5.11 Å². The number of aromatic nitrogens is 1. The number of ether oxygens (including phenoxy) is 1. The molecule has 0 amide bonds. The fraction of sp³-hybridized carbons (Fsp3) is 0.0625. The van der Waals surface area contributed by atoms with Crippen molar-refractivity contribution >= 4 is 22.2 Å². The molecule has 2 aromatic carbocycles. The first kappa shape index (κ1) is 13.5. The quantitative estimate of drug-likeness (QED) is 0.755. The van der Waals surface area contributed by atoms with Gasteiger partial charge in [-0.2, -0.15) is 0 Å². The van der Waals surface area contributed by atoms with E-state index in [1.807, 2.05) is 41.8 Å². The minimum absolute atomic E-state index is 0.255. The van der Waals surface area contributed by atoms with Crippen molar-refractivity contribution in [1.82, 2.24) is 4.98 Å². The molecule has 0 aliphatic carbocycles. The molecule has 3 rings (SSSR count). The molecule has 0 spiro atoms. The maximum Gasteiger partial charge on any atom is 0.187 e. The van der Waals surface area contributed by atoms with Crippen LogP contribution in [0.15, 0.2) is 53.9 Å². The normalized spacial score (nSPS) is 10.3. The predicted octanol–water partition coefficient (Wildman–Crippen LogP) is 4.27. The highest BCUT2D eigenvalue weighted by Crippen LogP contribution is 2.28. The van der Waals surface area contributed by atoms with Gasteiger partial charge in [-0.05, 0) is 48.5 Å². The molecule has 0 saturated carbocycles. The second-order valence-electron chi connectivity index (χ2n) is 4.44. The van der Waals surface area contributed by atoms with Gasteiger partial charge in [0, 0.05) is 16.6 Å². The number of methoxy groups -OCH3 is 1. The number of aromatic hydroxyl groups is 1. The molecule has 0 bridgehead atoms. The summed E-state index contributed by atoms with van der Waals surface area (Å²) in [6.07, 6.45) is 0. The second-order valence-corrected chi connectivity index (χ2v) is 5.30. The Bertz CT molecular complexity index is 721. The third-order valence-electron chi connectivity index (χ3n) is 3.01. The molecule has 0 radical (unpaired) electrons. The summed E-state index contributed by atoms with van der Waals surface area (Å²) < 4.78 is 5.13. The Balaban J connectivity index is 1.76. The minimum Gasteiger partial charge on any atom is -0.508 e. The number of rotatable bonds is 4. The van der Waals surface area contributed by atoms with Crippen LogP contribution in [0.1, 0.15) is 0 Å². The van der Waals surface area contributed by atoms with Gasteiger partial charge in [-0.3, -0.25) is 0 Å². The second kappa shape index (κ2) is 5.85. The van der Waals surface area contributed by atoms with Gasteiger partial charge in [0.1, 0.15) is 11.5 Å². The van der Waals surface area contributed by atoms with Gasteiger partial charge in [0.15, 0.2) is 5.13 Å². The summed E-state index contributed by atoms with van der Waals surface area (Å²) in [7, 11) is 1.65. The number of hydrogen-bond acceptors (Lipinski definition) is 5. The highest BCUT2D eigenvalue weighted by Gasteiger charge is 2.05. The van der Waals surface area contributed by atoms with Gasteiger partial charge < -0.3 is 15.2 Å². The van der Waals surface area contributed by atoms with E-state index in [1.165, 1.54) is 11.3 Å². The SMILES string of the molecule is COc1ccc(Nc2nc(-c3ccc(O)cc3)cs2)cc1. The summed E-state index contributed by atoms with van der Waals surface area (Å²) in [5, 5.41) is 15.4. The predicted molar refractivity (Wildman–Crippen MR) is 85.5 cm³/mol. The van der Waals surface area contributed by atoms with Gasteiger partial charge in [-0.25, -0.2) is 4.98 Å². The molecule has 3 aromatic rings. The monoisotopic (exact) mass is 298 g/mol. The van der Waals surface area contributed by atoms with Crippen LogP contribution >= 0.6 is 11.3 Å². The summed E-state index contributed by atoms with van der Waals surface area (Å²) in [6.45, 7) is 0. The van der Waals surface area contributed by atoms with Gasteiger partial charge in [0.05, 0.1) is 12.8 Å². The van der Waals surface area contributed by atoms with E-state index < -0.39 is 0 Å². The molecule has 0 fully saturated rings. The van der Waals surface area contributed by atoms with E-state index in [2.05, 4.69) is 10.3 Å². The molecule has 1 heterocycles. The van der Waals surface area contributed by atoms with Crippen LogP contribution in [-0.4, -0.2) is 17.2 Å². The maximum atomic E-state index is 9.31. The number of anilines is 2. The van der Waals surface area contributed by atoms with Crippen LogP contribution in [0.2, 0.25) is 0 Å². The van der Waals surface area contributed by atoms with Crippen LogP contribution in [0, 0.1) is 0 Å². The van der Waals surface area contributed by atoms with Crippen molar-refractivity contribution in [2.75, 3.05) is 12.4 Å². The van der Waals surface area contributed by atoms with E-state index >= 15 is 0 Å². The van der Waals surface area contributed by atoms with Crippen LogP contribution in [-0.2, 0) is 0 Å². The Kier molecular flexibility index (Phi) is 3.75. The summed E-state index contributed by atoms with van der Waals surface area (Å²) in [4.78, 5) is 4.54. The lowest BCUT2D eigenvalue weighted by molar-refractivity contribution is 0.415. The third kappa shape index (κ3) is 3.14. The van der Waals surface area contributed by atoms with Crippen LogP contribution in [0.25, 0.3) is 11.3 Å². The molecule has 2 N–H and O–H groups in total. The van der Waals surface area contributed by atoms with Gasteiger partial charge in [0.25, 0.3) is 0 Å². The van der Waals surface area contributed by atoms with E-state index in [0.717, 1.165) is 27.8 Å². The van der Waals surface area contributed by atoms with Crippen molar-refractivity contribution in [2.24, 2.45) is 0 Å². The number of benzene rings is 2. The number of nitrogens with one attached hydrogen (secondary N) is 1. The lowest BCUT2D eigenvalue weighted by atomic mass is 10.2. The Labute approximate surface area is 126 Å². The van der Waals surface area contributed by atoms with Gasteiger partial charge >= 0.3 is 0 Å². The molecule has 0 saturated heterocycles. The zero-order chi connectivity index (χ0) is 14.7. The Hall–Kier alpha value is -2.53. The molecule has 1 aromatic heterocycles. The average molecular weight is 298 g/mol. The van der Waals surface area contributed by atoms with E-state index in [4.69, 9.17) is 4.74 Å². The van der Waals surface area contributed by atoms with Crippen LogP contribution in [0.3, 0.4) is 0 Å². The minimum atomic E-state index is 0.255. The van der Waals surface area contributed by atoms with E-state index in [1.54, 1.807) is 19.2 Å². The fourth-order valence-electron chi connectivity index (χ4n) is 1.89. The third-order valence-corrected chi connectivity index (χ3v) is 3.77. The Morgan fingerprint density at radius 3 is 2.43 bits per heavy atom. The highest BCUT2D eigenvalue weighted by atomic mass is 32.1. The van der Waals surface area contributed by atoms with E-state index in [-0.39, 0.29) is 5.75 Å². The summed E-state index contributed by atoms with van der Waals surface area (Å²) in [5.74, 6) is 1.08. The smallest absolute Gasteiger partial charge is 0.187 e. The molecule has 0 unspecified atom stereocenters. The number of phenols is 1. The topological polar surface area (TPSA) is 54.4 Å². The van der Waals surface area contributed by atoms with Crippen molar-refractivity contribution in [3.8, 4) is 22.8 Å². The summed E-state index contributed by atoms with van der Waals surface area (Å²) in [6, 6.07) is 14.7. The van der Waals surface area contributed by atoms with Crippen molar-refractivity contribution in [1.29, 1.82) is 0 Å². The molecule has 0 atom stereocenters. The number of phenolic OH excluding ortho intramolecular Hbond substituents is 1. The van der Waals surface area contributed by atoms with Crippen LogP contribution < -0.4 is 10.1 Å². The van der Waals surface area contributed by atoms with Crippen molar-refractivity contribution < 1.29 is 9.84 Å². The first-order valence-electron chi connectivity index (χ1n) is 6.40. The Morgan fingerprint density at radius 2 is 1.76 bits per heavy atom. The van der Waals surface area contributed by atoms with Gasteiger partial charge in [-0.1, -0.05) is 0 Å². The molecule has 21 heavy (non-hydrogen) atoms. The summed E-state index contributed by atoms with van der Waals surface area (Å²) >= 11 is 1.54. The molecular weight excluding hydrogens is 284 g/mol. The molecule has 4 nitrogen and oxygen atoms in total. The lowest BCUT2D eigenvalue weighted by Crippen LogP contribution is -1.90. The van der Waals surface area contributed by atoms with Gasteiger partial charge in [0.2, 0.25) is 0 Å². The van der Waals surface area contributed by atoms with Crippen LogP contribution in [0.5, 0.6) is 11.5 Å². The lowest BCUT2D eigenvalue weighted by Gasteiger charge is -2.04. The highest BCUT2D eigenvalue weighted by molar-refractivity contribution is 7.14. The van der Waals surface area contributed by atoms with Crippen molar-refractivity contribution in [3.05, 3.63) is 53.9 Å². The molecule has 106 valence electrons. The molecule has 5 heteroatoms. The standard InChI is InChI=1S/C16H14N2O2S/c1-20-14-8-4-12(5-9-14)17-16-18-15(10-21-16)11-2-6-13(19)7-3-11/h2-10,19H,1H3,(H,17,18). The van der Waals surface area contributed by atoms with Crippen LogP contribution in [0.4, 0.5) is 10.8 Å². The van der Waals surface area contributed by atoms with Crippen molar-refractivity contribution in [2.45, 2.75) is 0 Å². The van der Waals surface area contributed by atoms with Crippen molar-refractivity contribution in [3.63, 3.8) is 0 Å². The van der Waals surface area contributed by atoms with E-state index in [0.29, 0.717) is 0 Å². The molecule has 0 aliphatic heterocycles. The average Bonchev–Trinajstić information content (AvgIpc) is 2.97.